The van der Waals surface area contributed by atoms with Crippen LogP contribution in [0, 0.1) is 11.5 Å². The summed E-state index contributed by atoms with van der Waals surface area (Å²) in [6.45, 7) is 0. The van der Waals surface area contributed by atoms with Crippen molar-refractivity contribution in [3.05, 3.63) is 36.4 Å². The molecular weight excluding hydrogens is 315 g/mol. The molecule has 0 bridgehead atoms. The van der Waals surface area contributed by atoms with Gasteiger partial charge < -0.3 is 10.5 Å². The summed E-state index contributed by atoms with van der Waals surface area (Å²) in [5.74, 6) is 0. The van der Waals surface area contributed by atoms with Gasteiger partial charge in [-0.3, -0.25) is 0 Å². The Balaban J connectivity index is 0. The first-order chi connectivity index (χ1) is 4.41. The second-order valence-corrected chi connectivity index (χ2v) is 1.20. The quantitative estimate of drug-likeness (QED) is 0.421. The largest absolute Gasteiger partial charge is 1.00 e. The molecule has 1 rings (SSSR count). The Kier molecular flexibility index (Phi) is 14.1. The van der Waals surface area contributed by atoms with E-state index in [4.69, 9.17) is 10.5 Å². The van der Waals surface area contributed by atoms with Crippen LogP contribution in [-0.2, 0) is 27.7 Å². The zero-order chi connectivity index (χ0) is 6.95. The topological polar surface area (TPSA) is 46.9 Å². The Morgan fingerprint density at radius 3 is 1.70 bits per heavy atom. The van der Waals surface area contributed by atoms with Gasteiger partial charge in [-0.2, -0.15) is 0 Å². The number of benzene rings is 1. The van der Waals surface area contributed by atoms with Crippen molar-refractivity contribution in [2.75, 3.05) is 0 Å². The molecule has 0 aromatic heterocycles. The Hall–Kier alpha value is -0.375. The van der Waals surface area contributed by atoms with E-state index in [2.05, 4.69) is 6.07 Å². The third-order valence-corrected chi connectivity index (χ3v) is 0.607. The molecule has 0 amide bonds. The van der Waals surface area contributed by atoms with Gasteiger partial charge in [0.1, 0.15) is 0 Å². The molecule has 1 aromatic rings. The summed E-state index contributed by atoms with van der Waals surface area (Å²) in [5.41, 5.74) is 0. The standard InChI is InChI=1S/C6H5.CH3NO.Hg/c1-2-4-6-5-3-1;2-1-3;/h1-5H;1H,(H2,2,3);/q;;+1/p-1. The summed E-state index contributed by atoms with van der Waals surface area (Å²) < 4.78 is 0. The van der Waals surface area contributed by atoms with E-state index in [1.54, 1.807) is 0 Å². The van der Waals surface area contributed by atoms with Crippen molar-refractivity contribution >= 4 is 6.40 Å². The minimum atomic E-state index is 0. The Morgan fingerprint density at radius 2 is 1.60 bits per heavy atom. The van der Waals surface area contributed by atoms with E-state index < -0.39 is 0 Å². The molecule has 0 spiro atoms. The summed E-state index contributed by atoms with van der Waals surface area (Å²) >= 11 is 0. The summed E-state index contributed by atoms with van der Waals surface area (Å²) in [5, 5.41) is 14.0. The van der Waals surface area contributed by atoms with Gasteiger partial charge in [-0.25, -0.2) is 0 Å². The minimum Gasteiger partial charge on any atom is -0.865 e. The third kappa shape index (κ3) is 10.6. The monoisotopic (exact) mass is 323 g/mol. The predicted molar refractivity (Wildman–Crippen MR) is 34.1 cm³/mol. The third-order valence-electron chi connectivity index (χ3n) is 0.607. The number of rotatable bonds is 0. The van der Waals surface area contributed by atoms with E-state index >= 15 is 0 Å². The first kappa shape index (κ1) is 12.3. The summed E-state index contributed by atoms with van der Waals surface area (Å²) in [4.78, 5) is 0. The second-order valence-electron chi connectivity index (χ2n) is 1.20. The number of nitrogens with one attached hydrogen (secondary N) is 1. The van der Waals surface area contributed by atoms with Gasteiger partial charge >= 0.3 is 27.7 Å². The maximum Gasteiger partial charge on any atom is 1.00 e. The van der Waals surface area contributed by atoms with Crippen molar-refractivity contribution in [2.45, 2.75) is 0 Å². The molecule has 48 valence electrons. The summed E-state index contributed by atoms with van der Waals surface area (Å²) in [6, 6.07) is 12.5. The van der Waals surface area contributed by atoms with E-state index in [0.717, 1.165) is 0 Å². The number of hydrogen-bond acceptors (Lipinski definition) is 2. The van der Waals surface area contributed by atoms with Gasteiger partial charge in [0.15, 0.2) is 0 Å². The van der Waals surface area contributed by atoms with E-state index in [0.29, 0.717) is 0 Å². The maximum absolute atomic E-state index is 8.47. The summed E-state index contributed by atoms with van der Waals surface area (Å²) in [6.07, 6.45) is 0. The van der Waals surface area contributed by atoms with Crippen molar-refractivity contribution < 1.29 is 32.8 Å². The molecular formula is C7H7HgNO. The molecule has 0 aliphatic carbocycles. The van der Waals surface area contributed by atoms with Crippen molar-refractivity contribution in [2.24, 2.45) is 0 Å². The van der Waals surface area contributed by atoms with Gasteiger partial charge in [0.25, 0.3) is 0 Å². The fraction of sp³-hybridized carbons (Fsp3) is 0. The van der Waals surface area contributed by atoms with E-state index in [-0.39, 0.29) is 34.1 Å². The molecule has 0 unspecified atom stereocenters. The smallest absolute Gasteiger partial charge is 0.865 e. The van der Waals surface area contributed by atoms with E-state index in [1.165, 1.54) is 0 Å². The van der Waals surface area contributed by atoms with Crippen molar-refractivity contribution in [3.8, 4) is 0 Å². The van der Waals surface area contributed by atoms with Crippen molar-refractivity contribution in [1.29, 1.82) is 5.41 Å². The van der Waals surface area contributed by atoms with Gasteiger partial charge in [0.05, 0.1) is 0 Å². The van der Waals surface area contributed by atoms with Crippen LogP contribution in [0.15, 0.2) is 30.3 Å². The first-order valence-electron chi connectivity index (χ1n) is 2.44. The Bertz CT molecular complexity index is 117. The van der Waals surface area contributed by atoms with Crippen LogP contribution in [0.3, 0.4) is 0 Å². The molecule has 10 heavy (non-hydrogen) atoms. The maximum atomic E-state index is 8.47. The summed E-state index contributed by atoms with van der Waals surface area (Å²) in [7, 11) is 0. The first-order valence-corrected chi connectivity index (χ1v) is 2.44. The molecule has 2 radical (unpaired) electrons. The molecule has 0 atom stereocenters. The van der Waals surface area contributed by atoms with E-state index in [1.807, 2.05) is 30.3 Å². The van der Waals surface area contributed by atoms with Crippen LogP contribution in [0.1, 0.15) is 0 Å². The molecule has 2 nitrogen and oxygen atoms in total. The molecule has 1 N–H and O–H groups in total. The molecule has 0 fully saturated rings. The van der Waals surface area contributed by atoms with Crippen molar-refractivity contribution in [1.82, 2.24) is 0 Å². The van der Waals surface area contributed by atoms with Gasteiger partial charge in [0, 0.05) is 0 Å². The molecule has 0 saturated heterocycles. The van der Waals surface area contributed by atoms with Gasteiger partial charge in [-0.1, -0.05) is 36.7 Å². The molecule has 0 aliphatic rings. The average molecular weight is 322 g/mol. The fourth-order valence-corrected chi connectivity index (χ4v) is 0.342. The SMILES string of the molecule is N=C[O-].[Hg+].[c]1ccccc1. The van der Waals surface area contributed by atoms with Crippen LogP contribution in [0.4, 0.5) is 0 Å². The zero-order valence-corrected chi connectivity index (χ0v) is 11.1. The van der Waals surface area contributed by atoms with Gasteiger partial charge in [0.2, 0.25) is 0 Å². The molecule has 0 aliphatic heterocycles. The zero-order valence-electron chi connectivity index (χ0n) is 5.58. The second kappa shape index (κ2) is 11.4. The molecule has 3 heteroatoms. The van der Waals surface area contributed by atoms with Crippen LogP contribution in [0.25, 0.3) is 0 Å². The van der Waals surface area contributed by atoms with Crippen LogP contribution in [0.5, 0.6) is 0 Å². The van der Waals surface area contributed by atoms with Crippen LogP contribution in [0.2, 0.25) is 0 Å². The predicted octanol–water partition coefficient (Wildman–Crippen LogP) is 0.438. The van der Waals surface area contributed by atoms with Gasteiger partial charge in [-0.15, -0.1) is 0 Å². The normalized spacial score (nSPS) is 6.00. The molecule has 0 heterocycles. The van der Waals surface area contributed by atoms with Crippen LogP contribution < -0.4 is 5.11 Å². The Morgan fingerprint density at radius 1 is 1.20 bits per heavy atom. The fourth-order valence-electron chi connectivity index (χ4n) is 0.342. The molecule has 0 saturated carbocycles. The molecule has 1 aromatic carbocycles. The Labute approximate surface area is 80.9 Å². The minimum absolute atomic E-state index is 0. The number of hydrogen-bond donors (Lipinski definition) is 1. The van der Waals surface area contributed by atoms with Crippen LogP contribution in [-0.4, -0.2) is 6.40 Å². The van der Waals surface area contributed by atoms with E-state index in [9.17, 15) is 0 Å². The van der Waals surface area contributed by atoms with Crippen molar-refractivity contribution in [3.63, 3.8) is 0 Å². The van der Waals surface area contributed by atoms with Crippen LogP contribution >= 0.6 is 0 Å². The average Bonchev–Trinajstić information content (AvgIpc) is 1.93. The van der Waals surface area contributed by atoms with Gasteiger partial charge in [-0.05, 0) is 6.07 Å².